The van der Waals surface area contributed by atoms with Crippen LogP contribution in [0.2, 0.25) is 0 Å². The molecule has 6 heteroatoms. The molecule has 2 N–H and O–H groups in total. The Labute approximate surface area is 136 Å². The summed E-state index contributed by atoms with van der Waals surface area (Å²) in [4.78, 5) is 27.9. The molecule has 2 amide bonds. The molecule has 0 aliphatic rings. The van der Waals surface area contributed by atoms with Crippen LogP contribution in [-0.2, 0) is 4.79 Å². The van der Waals surface area contributed by atoms with Crippen molar-refractivity contribution >= 4 is 21.5 Å². The van der Waals surface area contributed by atoms with Crippen LogP contribution in [0.5, 0.6) is 0 Å². The number of rotatable bonds is 6. The summed E-state index contributed by atoms with van der Waals surface area (Å²) in [5, 5.41) is 5.56. The first-order valence-electron chi connectivity index (χ1n) is 7.01. The third kappa shape index (κ3) is 6.88. The van der Waals surface area contributed by atoms with Gasteiger partial charge < -0.3 is 0 Å². The molecule has 0 fully saturated rings. The maximum absolute atomic E-state index is 11.9. The molecule has 0 atom stereocenters. The van der Waals surface area contributed by atoms with Crippen molar-refractivity contribution < 1.29 is 30.8 Å². The van der Waals surface area contributed by atoms with Gasteiger partial charge in [-0.15, -0.1) is 0 Å². The van der Waals surface area contributed by atoms with Crippen LogP contribution in [0.3, 0.4) is 0 Å². The average Bonchev–Trinajstić information content (AvgIpc) is 2.38. The van der Waals surface area contributed by atoms with E-state index in [-0.39, 0.29) is 9.82 Å². The number of pyridine rings is 1. The van der Waals surface area contributed by atoms with Crippen LogP contribution < -0.4 is 31.8 Å². The Hall–Kier alpha value is -1.18. The van der Waals surface area contributed by atoms with Gasteiger partial charge in [-0.3, -0.25) is 0 Å². The first-order valence-corrected chi connectivity index (χ1v) is 9.62. The zero-order valence-corrected chi connectivity index (χ0v) is 15.2. The molecule has 0 aliphatic carbocycles. The van der Waals surface area contributed by atoms with Gasteiger partial charge in [-0.2, -0.15) is 0 Å². The second kappa shape index (κ2) is 8.31. The van der Waals surface area contributed by atoms with Gasteiger partial charge in [0.2, 0.25) is 0 Å². The summed E-state index contributed by atoms with van der Waals surface area (Å²) >= 11 is -0.494. The number of carbonyl (C=O) groups excluding carboxylic acids is 2. The Kier molecular flexibility index (Phi) is 7.07. The van der Waals surface area contributed by atoms with Crippen molar-refractivity contribution in [3.05, 3.63) is 18.2 Å². The number of alkyl halides is 1. The third-order valence-electron chi connectivity index (χ3n) is 2.60. The number of hydrogen-bond acceptors (Lipinski definition) is 3. The number of anilines is 2. The fourth-order valence-electron chi connectivity index (χ4n) is 1.30. The van der Waals surface area contributed by atoms with E-state index in [1.807, 2.05) is 20.8 Å². The fraction of sp³-hybridized carbons (Fsp3) is 0.533. The van der Waals surface area contributed by atoms with Crippen molar-refractivity contribution in [2.24, 2.45) is 5.41 Å². The van der Waals surface area contributed by atoms with Crippen LogP contribution in [0.25, 0.3) is 0 Å². The van der Waals surface area contributed by atoms with Gasteiger partial charge in [0.15, 0.2) is 0 Å². The molecule has 0 unspecified atom stereocenters. The van der Waals surface area contributed by atoms with Gasteiger partial charge in [-0.1, -0.05) is 0 Å². The average molecular weight is 404 g/mol. The number of nitrogens with one attached hydrogen (secondary N) is 2. The first kappa shape index (κ1) is 17.9. The zero-order valence-electron chi connectivity index (χ0n) is 13.0. The zero-order chi connectivity index (χ0) is 15.9. The van der Waals surface area contributed by atoms with E-state index in [4.69, 9.17) is 0 Å². The Morgan fingerprint density at radius 3 is 2.38 bits per heavy atom. The molecule has 118 valence electrons. The summed E-state index contributed by atoms with van der Waals surface area (Å²) in [6.07, 6.45) is 2.20. The molecule has 1 aromatic heterocycles. The van der Waals surface area contributed by atoms with Gasteiger partial charge in [-0.25, -0.2) is 0 Å². The van der Waals surface area contributed by atoms with Crippen LogP contribution in [0, 0.1) is 5.41 Å². The summed E-state index contributed by atoms with van der Waals surface area (Å²) in [5.41, 5.74) is -0.480. The standard InChI is InChI=1S/C15H23IN3O2/c1-5-6-10-16-14(21)19-12-9-7-8-11(17-12)18-13(20)15(2,3)4/h7-9H,5-6,10H2,1-4H3,(H2,17,18,19,20,21)/q-1. The molecule has 21 heavy (non-hydrogen) atoms. The van der Waals surface area contributed by atoms with Crippen LogP contribution in [0.15, 0.2) is 18.2 Å². The van der Waals surface area contributed by atoms with Crippen LogP contribution in [-0.4, -0.2) is 19.2 Å². The minimum atomic E-state index is -0.494. The van der Waals surface area contributed by atoms with E-state index in [9.17, 15) is 9.59 Å². The Bertz CT molecular complexity index is 498. The predicted octanol–water partition coefficient (Wildman–Crippen LogP) is 0.487. The molecule has 0 bridgehead atoms. The van der Waals surface area contributed by atoms with Crippen molar-refractivity contribution in [2.45, 2.75) is 40.5 Å². The summed E-state index contributed by atoms with van der Waals surface area (Å²) in [5.74, 6) is 0.844. The quantitative estimate of drug-likeness (QED) is 0.238. The number of aromatic nitrogens is 1. The number of unbranched alkanes of at least 4 members (excludes halogenated alkanes) is 1. The van der Waals surface area contributed by atoms with Crippen molar-refractivity contribution in [3.63, 3.8) is 0 Å². The summed E-state index contributed by atoms with van der Waals surface area (Å²) < 4.78 is 1.05. The Balaban J connectivity index is 2.60. The second-order valence-electron chi connectivity index (χ2n) is 5.69. The molecular weight excluding hydrogens is 381 g/mol. The van der Waals surface area contributed by atoms with Crippen LogP contribution in [0.1, 0.15) is 40.5 Å². The van der Waals surface area contributed by atoms with Gasteiger partial charge in [0.25, 0.3) is 0 Å². The third-order valence-corrected chi connectivity index (χ3v) is 4.87. The van der Waals surface area contributed by atoms with Crippen LogP contribution >= 0.6 is 0 Å². The van der Waals surface area contributed by atoms with Gasteiger partial charge >= 0.3 is 136 Å². The molecule has 0 saturated carbocycles. The van der Waals surface area contributed by atoms with E-state index in [1.165, 1.54) is 0 Å². The first-order chi connectivity index (χ1) is 9.82. The molecule has 0 spiro atoms. The Morgan fingerprint density at radius 2 is 1.81 bits per heavy atom. The van der Waals surface area contributed by atoms with E-state index in [0.29, 0.717) is 11.6 Å². The van der Waals surface area contributed by atoms with Crippen molar-refractivity contribution in [3.8, 4) is 0 Å². The predicted molar refractivity (Wildman–Crippen MR) is 81.1 cm³/mol. The summed E-state index contributed by atoms with van der Waals surface area (Å²) in [7, 11) is 0. The second-order valence-corrected chi connectivity index (χ2v) is 8.51. The molecule has 1 heterocycles. The summed E-state index contributed by atoms with van der Waals surface area (Å²) in [6.45, 7) is 7.63. The number of nitrogens with zero attached hydrogens (tertiary/aromatic N) is 1. The molecule has 5 nitrogen and oxygen atoms in total. The molecular formula is C15H23IN3O2-. The molecule has 0 aliphatic heterocycles. The number of carbonyl (C=O) groups is 2. The van der Waals surface area contributed by atoms with E-state index in [0.717, 1.165) is 17.3 Å². The van der Waals surface area contributed by atoms with Crippen molar-refractivity contribution in [1.82, 2.24) is 4.98 Å². The van der Waals surface area contributed by atoms with Gasteiger partial charge in [0, 0.05) is 0 Å². The summed E-state index contributed by atoms with van der Waals surface area (Å²) in [6, 6.07) is 5.21. The molecule has 1 rings (SSSR count). The Morgan fingerprint density at radius 1 is 1.19 bits per heavy atom. The van der Waals surface area contributed by atoms with Crippen molar-refractivity contribution in [1.29, 1.82) is 0 Å². The molecule has 0 saturated heterocycles. The molecule has 0 radical (unpaired) electrons. The fourth-order valence-corrected chi connectivity index (χ4v) is 3.40. The van der Waals surface area contributed by atoms with Crippen LogP contribution in [0.4, 0.5) is 16.4 Å². The number of amides is 2. The van der Waals surface area contributed by atoms with Crippen molar-refractivity contribution in [2.75, 3.05) is 15.1 Å². The normalized spacial score (nSPS) is 11.2. The van der Waals surface area contributed by atoms with Gasteiger partial charge in [0.05, 0.1) is 0 Å². The van der Waals surface area contributed by atoms with Gasteiger partial charge in [-0.05, 0) is 0 Å². The number of hydrogen-bond donors (Lipinski definition) is 2. The monoisotopic (exact) mass is 404 g/mol. The van der Waals surface area contributed by atoms with E-state index < -0.39 is 26.6 Å². The topological polar surface area (TPSA) is 71.1 Å². The maximum atomic E-state index is 11.9. The molecule has 0 aromatic carbocycles. The van der Waals surface area contributed by atoms with Gasteiger partial charge in [0.1, 0.15) is 0 Å². The minimum absolute atomic E-state index is 0.0639. The molecule has 1 aromatic rings. The van der Waals surface area contributed by atoms with E-state index >= 15 is 0 Å². The van der Waals surface area contributed by atoms with E-state index in [1.54, 1.807) is 18.2 Å². The van der Waals surface area contributed by atoms with E-state index in [2.05, 4.69) is 22.5 Å². The SMILES string of the molecule is CCCC[I-]C(=O)Nc1cccc(NC(=O)C(C)(C)C)n1. The number of halogens is 1.